The summed E-state index contributed by atoms with van der Waals surface area (Å²) in [6.07, 6.45) is -2.66. The van der Waals surface area contributed by atoms with Gasteiger partial charge in [0.2, 0.25) is 5.91 Å². The third-order valence-corrected chi connectivity index (χ3v) is 3.32. The fourth-order valence-corrected chi connectivity index (χ4v) is 2.37. The first-order valence-electron chi connectivity index (χ1n) is 6.91. The predicted molar refractivity (Wildman–Crippen MR) is 67.7 cm³/mol. The summed E-state index contributed by atoms with van der Waals surface area (Å²) in [5.41, 5.74) is 0. The average molecular weight is 298 g/mol. The summed E-state index contributed by atoms with van der Waals surface area (Å²) in [7, 11) is 0. The van der Waals surface area contributed by atoms with Crippen LogP contribution < -0.4 is 5.32 Å². The van der Waals surface area contributed by atoms with Crippen molar-refractivity contribution in [1.29, 1.82) is 0 Å². The van der Waals surface area contributed by atoms with Crippen LogP contribution in [-0.2, 0) is 4.79 Å². The molecule has 3 nitrogen and oxygen atoms in total. The van der Waals surface area contributed by atoms with Gasteiger partial charge in [0, 0.05) is 0 Å². The zero-order valence-corrected chi connectivity index (χ0v) is 12.0. The van der Waals surface area contributed by atoms with Gasteiger partial charge in [0.15, 0.2) is 0 Å². The quantitative estimate of drug-likeness (QED) is 0.733. The van der Waals surface area contributed by atoms with Crippen molar-refractivity contribution in [1.82, 2.24) is 10.2 Å². The van der Waals surface area contributed by atoms with Gasteiger partial charge in [-0.1, -0.05) is 27.2 Å². The highest BCUT2D eigenvalue weighted by Crippen LogP contribution is 2.28. The van der Waals surface area contributed by atoms with Crippen molar-refractivity contribution in [3.63, 3.8) is 0 Å². The number of amides is 1. The van der Waals surface area contributed by atoms with E-state index in [2.05, 4.69) is 5.32 Å². The molecule has 0 aromatic rings. The Balaban J connectivity index is 2.84. The lowest BCUT2D eigenvalue weighted by atomic mass is 10.1. The molecular weight excluding hydrogens is 276 g/mol. The minimum Gasteiger partial charge on any atom is -0.320 e. The van der Waals surface area contributed by atoms with Crippen LogP contribution in [0.3, 0.4) is 0 Å². The molecule has 7 heteroatoms. The Hall–Kier alpha value is -0.850. The molecule has 0 radical (unpaired) electrons. The Kier molecular flexibility index (Phi) is 5.79. The Labute approximate surface area is 116 Å². The molecule has 1 fully saturated rings. The summed E-state index contributed by atoms with van der Waals surface area (Å²) >= 11 is 0. The first-order valence-corrected chi connectivity index (χ1v) is 6.91. The van der Waals surface area contributed by atoms with Crippen LogP contribution in [0.4, 0.5) is 17.6 Å². The minimum atomic E-state index is -4.17. The molecule has 1 saturated heterocycles. The third kappa shape index (κ3) is 4.07. The van der Waals surface area contributed by atoms with Gasteiger partial charge in [0.1, 0.15) is 0 Å². The molecule has 2 unspecified atom stereocenters. The second kappa shape index (κ2) is 6.74. The van der Waals surface area contributed by atoms with Crippen molar-refractivity contribution in [2.24, 2.45) is 5.92 Å². The molecule has 2 atom stereocenters. The highest BCUT2D eigenvalue weighted by atomic mass is 19.3. The summed E-state index contributed by atoms with van der Waals surface area (Å²) < 4.78 is 51.1. The van der Waals surface area contributed by atoms with Gasteiger partial charge in [0.25, 0.3) is 0 Å². The topological polar surface area (TPSA) is 32.3 Å². The van der Waals surface area contributed by atoms with E-state index in [1.54, 1.807) is 0 Å². The Morgan fingerprint density at radius 3 is 2.40 bits per heavy atom. The van der Waals surface area contributed by atoms with Crippen molar-refractivity contribution < 1.29 is 22.4 Å². The van der Waals surface area contributed by atoms with E-state index < -0.39 is 37.0 Å². The molecule has 0 aromatic carbocycles. The maximum absolute atomic E-state index is 13.2. The average Bonchev–Trinajstić information content (AvgIpc) is 2.57. The lowest BCUT2D eigenvalue weighted by Crippen LogP contribution is -2.47. The molecule has 0 aliphatic carbocycles. The van der Waals surface area contributed by atoms with E-state index in [0.717, 1.165) is 11.3 Å². The van der Waals surface area contributed by atoms with Gasteiger partial charge in [-0.15, -0.1) is 0 Å². The van der Waals surface area contributed by atoms with E-state index in [-0.39, 0.29) is 5.92 Å². The monoisotopic (exact) mass is 298 g/mol. The van der Waals surface area contributed by atoms with Crippen LogP contribution in [0.2, 0.25) is 0 Å². The molecule has 0 saturated carbocycles. The number of rotatable bonds is 7. The van der Waals surface area contributed by atoms with E-state index in [1.165, 1.54) is 0 Å². The van der Waals surface area contributed by atoms with Crippen molar-refractivity contribution in [3.05, 3.63) is 0 Å². The molecule has 0 spiro atoms. The van der Waals surface area contributed by atoms with Gasteiger partial charge < -0.3 is 4.90 Å². The summed E-state index contributed by atoms with van der Waals surface area (Å²) in [5.74, 6) is -4.51. The molecule has 1 N–H and O–H groups in total. The van der Waals surface area contributed by atoms with Crippen molar-refractivity contribution in [3.8, 4) is 0 Å². The third-order valence-electron chi connectivity index (χ3n) is 3.32. The normalized spacial score (nSPS) is 24.2. The van der Waals surface area contributed by atoms with Crippen molar-refractivity contribution in [2.45, 2.75) is 64.6 Å². The van der Waals surface area contributed by atoms with E-state index >= 15 is 0 Å². The summed E-state index contributed by atoms with van der Waals surface area (Å²) in [6.45, 7) is 4.43. The molecule has 1 heterocycles. The smallest absolute Gasteiger partial charge is 0.320 e. The number of nitrogens with zero attached hydrogens (tertiary/aromatic N) is 1. The van der Waals surface area contributed by atoms with Gasteiger partial charge in [-0.3, -0.25) is 10.1 Å². The molecule has 1 aliphatic rings. The lowest BCUT2D eigenvalue weighted by Gasteiger charge is -2.29. The van der Waals surface area contributed by atoms with E-state index in [4.69, 9.17) is 0 Å². The fourth-order valence-electron chi connectivity index (χ4n) is 2.37. The Bertz CT molecular complexity index is 336. The second-order valence-corrected chi connectivity index (χ2v) is 5.68. The molecule has 1 rings (SSSR count). The maximum atomic E-state index is 13.2. The number of alkyl halides is 4. The minimum absolute atomic E-state index is 0.170. The standard InChI is InChI=1S/C13H22F4N2O/c1-4-5-9-11(20)19(7-13(16,17)12(14)15)10(18-9)6-8(2)3/h8-10,12,18H,4-7H2,1-3H3. The van der Waals surface area contributed by atoms with Gasteiger partial charge in [-0.05, 0) is 18.8 Å². The maximum Gasteiger partial charge on any atom is 0.324 e. The van der Waals surface area contributed by atoms with E-state index in [9.17, 15) is 22.4 Å². The van der Waals surface area contributed by atoms with E-state index in [1.807, 2.05) is 20.8 Å². The SMILES string of the molecule is CCCC1NC(CC(C)C)N(CC(F)(F)C(F)F)C1=O. The molecule has 1 amide bonds. The van der Waals surface area contributed by atoms with Gasteiger partial charge >= 0.3 is 12.3 Å². The number of hydrogen-bond donors (Lipinski definition) is 1. The highest BCUT2D eigenvalue weighted by molar-refractivity contribution is 5.84. The molecule has 1 aliphatic heterocycles. The summed E-state index contributed by atoms with van der Waals surface area (Å²) in [4.78, 5) is 13.0. The number of halogens is 4. The molecule has 20 heavy (non-hydrogen) atoms. The highest BCUT2D eigenvalue weighted by Gasteiger charge is 2.48. The second-order valence-electron chi connectivity index (χ2n) is 5.68. The van der Waals surface area contributed by atoms with Crippen molar-refractivity contribution in [2.75, 3.05) is 6.54 Å². The number of hydrogen-bond acceptors (Lipinski definition) is 2. The zero-order chi connectivity index (χ0) is 15.5. The lowest BCUT2D eigenvalue weighted by molar-refractivity contribution is -0.157. The number of nitrogens with one attached hydrogen (secondary N) is 1. The zero-order valence-electron chi connectivity index (χ0n) is 12.0. The molecular formula is C13H22F4N2O. The predicted octanol–water partition coefficient (Wildman–Crippen LogP) is 2.86. The van der Waals surface area contributed by atoms with Crippen LogP contribution in [0.25, 0.3) is 0 Å². The Morgan fingerprint density at radius 2 is 1.95 bits per heavy atom. The first kappa shape index (κ1) is 17.2. The Morgan fingerprint density at radius 1 is 1.35 bits per heavy atom. The summed E-state index contributed by atoms with van der Waals surface area (Å²) in [5, 5.41) is 2.98. The number of carbonyl (C=O) groups is 1. The first-order chi connectivity index (χ1) is 9.19. The largest absolute Gasteiger partial charge is 0.324 e. The molecule has 118 valence electrons. The molecule has 0 aromatic heterocycles. The van der Waals surface area contributed by atoms with Crippen molar-refractivity contribution >= 4 is 5.91 Å². The van der Waals surface area contributed by atoms with Crippen LogP contribution in [0.15, 0.2) is 0 Å². The van der Waals surface area contributed by atoms with Crippen LogP contribution in [0.1, 0.15) is 40.0 Å². The van der Waals surface area contributed by atoms with Gasteiger partial charge in [-0.2, -0.15) is 8.78 Å². The summed E-state index contributed by atoms with van der Waals surface area (Å²) in [6, 6.07) is -0.544. The van der Waals surface area contributed by atoms with Gasteiger partial charge in [-0.25, -0.2) is 8.78 Å². The molecule has 0 bridgehead atoms. The van der Waals surface area contributed by atoms with Crippen LogP contribution in [0.5, 0.6) is 0 Å². The van der Waals surface area contributed by atoms with Gasteiger partial charge in [0.05, 0.1) is 18.8 Å². The van der Waals surface area contributed by atoms with Crippen LogP contribution >= 0.6 is 0 Å². The fraction of sp³-hybridized carbons (Fsp3) is 0.923. The van der Waals surface area contributed by atoms with E-state index in [0.29, 0.717) is 12.8 Å². The van der Waals surface area contributed by atoms with Crippen LogP contribution in [0, 0.1) is 5.92 Å². The number of carbonyl (C=O) groups excluding carboxylic acids is 1. The van der Waals surface area contributed by atoms with Crippen LogP contribution in [-0.4, -0.2) is 41.9 Å².